The molecule has 8 heteroatoms. The van der Waals surface area contributed by atoms with Crippen molar-refractivity contribution in [1.29, 1.82) is 0 Å². The molecule has 1 unspecified atom stereocenters. The van der Waals surface area contributed by atoms with Gasteiger partial charge in [0.05, 0.1) is 23.1 Å². The predicted molar refractivity (Wildman–Crippen MR) is 113 cm³/mol. The summed E-state index contributed by atoms with van der Waals surface area (Å²) < 4.78 is 5.66. The first-order valence-corrected chi connectivity index (χ1v) is 10.4. The molecule has 2 amide bonds. The summed E-state index contributed by atoms with van der Waals surface area (Å²) in [5.74, 6) is -0.723. The van der Waals surface area contributed by atoms with E-state index in [4.69, 9.17) is 4.74 Å². The Morgan fingerprint density at radius 2 is 1.84 bits per heavy atom. The number of rotatable bonds is 5. The van der Waals surface area contributed by atoms with Crippen LogP contribution in [-0.2, 0) is 20.7 Å². The van der Waals surface area contributed by atoms with Crippen LogP contribution in [0.25, 0.3) is 5.57 Å². The number of non-ortho nitro benzene ring substituents is 1. The van der Waals surface area contributed by atoms with Gasteiger partial charge < -0.3 is 9.64 Å². The van der Waals surface area contributed by atoms with Crippen molar-refractivity contribution in [3.63, 3.8) is 0 Å². The van der Waals surface area contributed by atoms with Gasteiger partial charge in [-0.05, 0) is 48.6 Å². The van der Waals surface area contributed by atoms with Gasteiger partial charge in [0.1, 0.15) is 5.70 Å². The molecule has 1 atom stereocenters. The Hall–Kier alpha value is -3.52. The standard InChI is InChI=1S/C23H21N3O5/c27-22-20(16-7-9-17(10-8-16)26(29)30)21(23(28)25(22)14-18-5-3-13-31-18)24-12-11-15-4-1-2-6-19(15)24/h1-2,4,6-10,18H,3,5,11-14H2. The highest BCUT2D eigenvalue weighted by molar-refractivity contribution is 6.36. The molecule has 1 saturated heterocycles. The Bertz CT molecular complexity index is 1100. The molecule has 0 aromatic heterocycles. The number of anilines is 1. The number of amides is 2. The van der Waals surface area contributed by atoms with Crippen molar-refractivity contribution in [2.45, 2.75) is 25.4 Å². The molecule has 5 rings (SSSR count). The molecule has 0 N–H and O–H groups in total. The highest BCUT2D eigenvalue weighted by Gasteiger charge is 2.44. The molecule has 158 valence electrons. The lowest BCUT2D eigenvalue weighted by molar-refractivity contribution is -0.384. The molecule has 0 radical (unpaired) electrons. The first-order chi connectivity index (χ1) is 15.0. The number of para-hydroxylation sites is 1. The molecule has 3 heterocycles. The largest absolute Gasteiger partial charge is 0.376 e. The van der Waals surface area contributed by atoms with Crippen LogP contribution in [0.4, 0.5) is 11.4 Å². The fraction of sp³-hybridized carbons (Fsp3) is 0.304. The summed E-state index contributed by atoms with van der Waals surface area (Å²) in [6, 6.07) is 13.6. The van der Waals surface area contributed by atoms with E-state index in [-0.39, 0.29) is 35.7 Å². The van der Waals surface area contributed by atoms with Crippen molar-refractivity contribution in [3.05, 3.63) is 75.5 Å². The first-order valence-electron chi connectivity index (χ1n) is 10.4. The van der Waals surface area contributed by atoms with E-state index in [2.05, 4.69) is 0 Å². The lowest BCUT2D eigenvalue weighted by Gasteiger charge is -2.23. The van der Waals surface area contributed by atoms with Crippen LogP contribution in [-0.4, -0.2) is 47.4 Å². The fourth-order valence-corrected chi connectivity index (χ4v) is 4.55. The van der Waals surface area contributed by atoms with E-state index >= 15 is 0 Å². The van der Waals surface area contributed by atoms with Gasteiger partial charge in [-0.1, -0.05) is 18.2 Å². The SMILES string of the molecule is O=C1C(c2ccc([N+](=O)[O-])cc2)=C(N2CCc3ccccc32)C(=O)N1CC1CCCO1. The van der Waals surface area contributed by atoms with Gasteiger partial charge in [0.2, 0.25) is 0 Å². The second-order valence-electron chi connectivity index (χ2n) is 7.91. The summed E-state index contributed by atoms with van der Waals surface area (Å²) in [6.07, 6.45) is 2.35. The number of imide groups is 1. The summed E-state index contributed by atoms with van der Waals surface area (Å²) in [5.41, 5.74) is 3.09. The van der Waals surface area contributed by atoms with Crippen molar-refractivity contribution >= 4 is 28.8 Å². The molecular weight excluding hydrogens is 398 g/mol. The van der Waals surface area contributed by atoms with Gasteiger partial charge in [0, 0.05) is 31.0 Å². The van der Waals surface area contributed by atoms with Crippen LogP contribution in [0.2, 0.25) is 0 Å². The summed E-state index contributed by atoms with van der Waals surface area (Å²) in [5, 5.41) is 11.0. The molecule has 1 fully saturated rings. The van der Waals surface area contributed by atoms with Gasteiger partial charge in [-0.25, -0.2) is 0 Å². The van der Waals surface area contributed by atoms with Crippen LogP contribution in [0, 0.1) is 10.1 Å². The van der Waals surface area contributed by atoms with E-state index in [0.29, 0.717) is 24.4 Å². The average molecular weight is 419 g/mol. The Morgan fingerprint density at radius 1 is 1.06 bits per heavy atom. The van der Waals surface area contributed by atoms with Gasteiger partial charge in [-0.15, -0.1) is 0 Å². The number of nitrogens with zero attached hydrogens (tertiary/aromatic N) is 3. The van der Waals surface area contributed by atoms with E-state index in [0.717, 1.165) is 30.5 Å². The normalized spacial score (nSPS) is 20.7. The van der Waals surface area contributed by atoms with Crippen LogP contribution in [0.1, 0.15) is 24.0 Å². The maximum atomic E-state index is 13.5. The zero-order chi connectivity index (χ0) is 21.5. The van der Waals surface area contributed by atoms with E-state index in [1.54, 1.807) is 0 Å². The highest BCUT2D eigenvalue weighted by atomic mass is 16.6. The second kappa shape index (κ2) is 7.63. The number of benzene rings is 2. The van der Waals surface area contributed by atoms with Crippen molar-refractivity contribution in [2.75, 3.05) is 24.6 Å². The van der Waals surface area contributed by atoms with E-state index < -0.39 is 4.92 Å². The third-order valence-electron chi connectivity index (χ3n) is 6.08. The minimum atomic E-state index is -0.485. The third kappa shape index (κ3) is 3.29. The topological polar surface area (TPSA) is 93.0 Å². The van der Waals surface area contributed by atoms with E-state index in [9.17, 15) is 19.7 Å². The van der Waals surface area contributed by atoms with Crippen LogP contribution < -0.4 is 4.90 Å². The number of fused-ring (bicyclic) bond motifs is 1. The lowest BCUT2D eigenvalue weighted by atomic mass is 10.0. The molecule has 31 heavy (non-hydrogen) atoms. The Balaban J connectivity index is 1.58. The molecule has 0 saturated carbocycles. The maximum absolute atomic E-state index is 13.5. The van der Waals surface area contributed by atoms with Crippen molar-refractivity contribution < 1.29 is 19.2 Å². The number of nitro groups is 1. The number of carbonyl (C=O) groups is 2. The van der Waals surface area contributed by atoms with Gasteiger partial charge >= 0.3 is 0 Å². The molecule has 0 aliphatic carbocycles. The van der Waals surface area contributed by atoms with Crippen LogP contribution in [0.3, 0.4) is 0 Å². The van der Waals surface area contributed by atoms with Crippen LogP contribution in [0.5, 0.6) is 0 Å². The van der Waals surface area contributed by atoms with Crippen molar-refractivity contribution in [1.82, 2.24) is 4.90 Å². The zero-order valence-corrected chi connectivity index (χ0v) is 16.8. The smallest absolute Gasteiger partial charge is 0.278 e. The maximum Gasteiger partial charge on any atom is 0.278 e. The number of carbonyl (C=O) groups excluding carboxylic acids is 2. The van der Waals surface area contributed by atoms with E-state index in [1.165, 1.54) is 29.2 Å². The molecule has 0 bridgehead atoms. The highest BCUT2D eigenvalue weighted by Crippen LogP contribution is 2.39. The Morgan fingerprint density at radius 3 is 2.55 bits per heavy atom. The minimum Gasteiger partial charge on any atom is -0.376 e. The quantitative estimate of drug-likeness (QED) is 0.420. The Kier molecular flexibility index (Phi) is 4.78. The minimum absolute atomic E-state index is 0.0644. The molecular formula is C23H21N3O5. The predicted octanol–water partition coefficient (Wildman–Crippen LogP) is 2.92. The Labute approximate surface area is 178 Å². The number of ether oxygens (including phenoxy) is 1. The second-order valence-corrected chi connectivity index (χ2v) is 7.91. The number of nitro benzene ring substituents is 1. The van der Waals surface area contributed by atoms with Crippen LogP contribution in [0.15, 0.2) is 54.2 Å². The van der Waals surface area contributed by atoms with Gasteiger partial charge in [-0.3, -0.25) is 24.6 Å². The third-order valence-corrected chi connectivity index (χ3v) is 6.08. The summed E-state index contributed by atoms with van der Waals surface area (Å²) in [6.45, 7) is 1.45. The monoisotopic (exact) mass is 419 g/mol. The van der Waals surface area contributed by atoms with Gasteiger partial charge in [0.25, 0.3) is 17.5 Å². The zero-order valence-electron chi connectivity index (χ0n) is 16.8. The molecule has 3 aliphatic rings. The summed E-state index contributed by atoms with van der Waals surface area (Å²) in [4.78, 5) is 40.7. The fourth-order valence-electron chi connectivity index (χ4n) is 4.55. The molecule has 8 nitrogen and oxygen atoms in total. The van der Waals surface area contributed by atoms with Crippen molar-refractivity contribution in [2.24, 2.45) is 0 Å². The average Bonchev–Trinajstić information content (AvgIpc) is 3.49. The number of hydrogen-bond acceptors (Lipinski definition) is 6. The van der Waals surface area contributed by atoms with Crippen LogP contribution >= 0.6 is 0 Å². The van der Waals surface area contributed by atoms with Crippen molar-refractivity contribution in [3.8, 4) is 0 Å². The summed E-state index contributed by atoms with van der Waals surface area (Å²) in [7, 11) is 0. The molecule has 0 spiro atoms. The van der Waals surface area contributed by atoms with E-state index in [1.807, 2.05) is 29.2 Å². The number of hydrogen-bond donors (Lipinski definition) is 0. The molecule has 3 aliphatic heterocycles. The lowest BCUT2D eigenvalue weighted by Crippen LogP contribution is -2.39. The first kappa shape index (κ1) is 19.4. The molecule has 2 aromatic carbocycles. The molecule has 2 aromatic rings. The van der Waals surface area contributed by atoms with Gasteiger partial charge in [-0.2, -0.15) is 0 Å². The summed E-state index contributed by atoms with van der Waals surface area (Å²) >= 11 is 0. The van der Waals surface area contributed by atoms with Gasteiger partial charge in [0.15, 0.2) is 0 Å².